The molecule has 0 saturated carbocycles. The maximum Gasteiger partial charge on any atom is 0.267 e. The molecular formula is C25H28N4O2. The molecule has 31 heavy (non-hydrogen) atoms. The van der Waals surface area contributed by atoms with Crippen molar-refractivity contribution < 1.29 is 10.0 Å². The van der Waals surface area contributed by atoms with Gasteiger partial charge in [-0.05, 0) is 56.0 Å². The summed E-state index contributed by atoms with van der Waals surface area (Å²) in [6.07, 6.45) is 5.24. The van der Waals surface area contributed by atoms with Crippen LogP contribution in [0.1, 0.15) is 58.6 Å². The first-order valence-electron chi connectivity index (χ1n) is 10.6. The Kier molecular flexibility index (Phi) is 6.30. The number of aryl methyl sites for hydroxylation is 2. The number of aromatic nitrogens is 2. The number of likely N-dealkylation sites (tertiary alicyclic amines) is 1. The maximum atomic E-state index is 11.2. The van der Waals surface area contributed by atoms with Crippen LogP contribution < -0.4 is 5.48 Å². The minimum Gasteiger partial charge on any atom is -0.288 e. The Morgan fingerprint density at radius 1 is 1.19 bits per heavy atom. The van der Waals surface area contributed by atoms with Gasteiger partial charge < -0.3 is 0 Å². The van der Waals surface area contributed by atoms with Crippen LogP contribution in [0.4, 0.5) is 0 Å². The van der Waals surface area contributed by atoms with Crippen molar-refractivity contribution in [3.63, 3.8) is 0 Å². The molecule has 1 fully saturated rings. The van der Waals surface area contributed by atoms with E-state index in [1.807, 2.05) is 12.1 Å². The zero-order chi connectivity index (χ0) is 21.8. The molecule has 1 aliphatic heterocycles. The van der Waals surface area contributed by atoms with E-state index in [0.29, 0.717) is 6.04 Å². The van der Waals surface area contributed by atoms with Crippen LogP contribution in [0, 0.1) is 13.8 Å². The molecule has 0 spiro atoms. The number of hydrogen-bond donors (Lipinski definition) is 3. The Morgan fingerprint density at radius 3 is 2.58 bits per heavy atom. The second kappa shape index (κ2) is 9.29. The largest absolute Gasteiger partial charge is 0.288 e. The number of hydrogen-bond acceptors (Lipinski definition) is 4. The molecule has 2 heterocycles. The predicted octanol–water partition coefficient (Wildman–Crippen LogP) is 4.47. The summed E-state index contributed by atoms with van der Waals surface area (Å²) in [6.45, 7) is 5.19. The van der Waals surface area contributed by atoms with E-state index in [1.54, 1.807) is 11.6 Å². The molecule has 4 rings (SSSR count). The molecule has 2 aromatic carbocycles. The number of aromatic amines is 1. The third-order valence-electron chi connectivity index (χ3n) is 6.06. The Labute approximate surface area is 182 Å². The Balaban J connectivity index is 1.67. The quantitative estimate of drug-likeness (QED) is 0.315. The van der Waals surface area contributed by atoms with Crippen molar-refractivity contribution >= 4 is 12.0 Å². The standard InChI is InChI=1S/C25H28N4O2/c1-17-24(18(2)27-26-17)25(21-7-4-3-5-8-21)29-16-6-9-22(29)20-13-10-19(11-14-20)12-15-23(30)28-31/h3-5,7-8,10-15,22,25,31H,6,9,16H2,1-2H3,(H,26,27)(H,28,30)/b15-12+. The molecular weight excluding hydrogens is 388 g/mol. The number of hydroxylamine groups is 1. The van der Waals surface area contributed by atoms with Gasteiger partial charge in [0, 0.05) is 23.4 Å². The highest BCUT2D eigenvalue weighted by Crippen LogP contribution is 2.43. The summed E-state index contributed by atoms with van der Waals surface area (Å²) in [5, 5.41) is 16.3. The van der Waals surface area contributed by atoms with Crippen molar-refractivity contribution in [1.82, 2.24) is 20.6 Å². The van der Waals surface area contributed by atoms with Crippen LogP contribution in [-0.4, -0.2) is 32.8 Å². The molecule has 0 aliphatic carbocycles. The lowest BCUT2D eigenvalue weighted by atomic mass is 9.93. The zero-order valence-electron chi connectivity index (χ0n) is 17.9. The fourth-order valence-electron chi connectivity index (χ4n) is 4.62. The molecule has 6 nitrogen and oxygen atoms in total. The van der Waals surface area contributed by atoms with Crippen LogP contribution in [0.3, 0.4) is 0 Å². The predicted molar refractivity (Wildman–Crippen MR) is 120 cm³/mol. The van der Waals surface area contributed by atoms with Gasteiger partial charge in [0.05, 0.1) is 11.7 Å². The second-order valence-corrected chi connectivity index (χ2v) is 8.03. The molecule has 1 aromatic heterocycles. The van der Waals surface area contributed by atoms with E-state index in [9.17, 15) is 4.79 Å². The van der Waals surface area contributed by atoms with E-state index in [4.69, 9.17) is 5.21 Å². The number of benzene rings is 2. The fourth-order valence-corrected chi connectivity index (χ4v) is 4.62. The van der Waals surface area contributed by atoms with E-state index < -0.39 is 5.91 Å². The summed E-state index contributed by atoms with van der Waals surface area (Å²) in [6, 6.07) is 19.4. The van der Waals surface area contributed by atoms with E-state index in [1.165, 1.54) is 22.8 Å². The van der Waals surface area contributed by atoms with Crippen LogP contribution in [0.25, 0.3) is 6.08 Å². The van der Waals surface area contributed by atoms with E-state index in [-0.39, 0.29) is 6.04 Å². The molecule has 3 aromatic rings. The summed E-state index contributed by atoms with van der Waals surface area (Å²) in [4.78, 5) is 13.8. The lowest BCUT2D eigenvalue weighted by molar-refractivity contribution is -0.124. The minimum absolute atomic E-state index is 0.139. The highest BCUT2D eigenvalue weighted by molar-refractivity contribution is 5.90. The van der Waals surface area contributed by atoms with Gasteiger partial charge in [0.15, 0.2) is 0 Å². The monoisotopic (exact) mass is 416 g/mol. The first kappa shape index (κ1) is 21.0. The van der Waals surface area contributed by atoms with E-state index >= 15 is 0 Å². The average Bonchev–Trinajstić information content (AvgIpc) is 3.41. The molecule has 0 bridgehead atoms. The molecule has 160 valence electrons. The van der Waals surface area contributed by atoms with Crippen molar-refractivity contribution in [3.8, 4) is 0 Å². The molecule has 1 aliphatic rings. The topological polar surface area (TPSA) is 81.2 Å². The normalized spacial score (nSPS) is 17.8. The molecule has 6 heteroatoms. The van der Waals surface area contributed by atoms with E-state index in [0.717, 1.165) is 36.3 Å². The van der Waals surface area contributed by atoms with Crippen LogP contribution in [0.15, 0.2) is 60.7 Å². The summed E-state index contributed by atoms with van der Waals surface area (Å²) < 4.78 is 0. The van der Waals surface area contributed by atoms with Gasteiger partial charge in [-0.3, -0.25) is 20.0 Å². The number of carbonyl (C=O) groups excluding carboxylic acids is 1. The number of nitrogens with one attached hydrogen (secondary N) is 2. The van der Waals surface area contributed by atoms with Gasteiger partial charge in [-0.25, -0.2) is 5.48 Å². The van der Waals surface area contributed by atoms with Gasteiger partial charge in [0.25, 0.3) is 5.91 Å². The van der Waals surface area contributed by atoms with Gasteiger partial charge in [-0.1, -0.05) is 54.6 Å². The lowest BCUT2D eigenvalue weighted by Crippen LogP contribution is -2.30. The highest BCUT2D eigenvalue weighted by atomic mass is 16.5. The first-order chi connectivity index (χ1) is 15.1. The summed E-state index contributed by atoms with van der Waals surface area (Å²) in [5.41, 5.74) is 8.47. The van der Waals surface area contributed by atoms with Gasteiger partial charge in [0.2, 0.25) is 0 Å². The number of H-pyrrole nitrogens is 1. The second-order valence-electron chi connectivity index (χ2n) is 8.03. The number of rotatable bonds is 6. The van der Waals surface area contributed by atoms with Crippen molar-refractivity contribution in [2.24, 2.45) is 0 Å². The number of amides is 1. The van der Waals surface area contributed by atoms with Crippen molar-refractivity contribution in [2.75, 3.05) is 6.54 Å². The molecule has 1 saturated heterocycles. The first-order valence-corrected chi connectivity index (χ1v) is 10.6. The third-order valence-corrected chi connectivity index (χ3v) is 6.06. The molecule has 2 unspecified atom stereocenters. The Hall–Kier alpha value is -3.22. The van der Waals surface area contributed by atoms with Crippen LogP contribution in [0.2, 0.25) is 0 Å². The zero-order valence-corrected chi connectivity index (χ0v) is 17.9. The highest BCUT2D eigenvalue weighted by Gasteiger charge is 2.35. The lowest BCUT2D eigenvalue weighted by Gasteiger charge is -2.34. The number of nitrogens with zero attached hydrogens (tertiary/aromatic N) is 2. The average molecular weight is 417 g/mol. The van der Waals surface area contributed by atoms with Crippen LogP contribution in [0.5, 0.6) is 0 Å². The van der Waals surface area contributed by atoms with Crippen molar-refractivity contribution in [2.45, 2.75) is 38.8 Å². The maximum absolute atomic E-state index is 11.2. The van der Waals surface area contributed by atoms with Crippen LogP contribution in [-0.2, 0) is 4.79 Å². The molecule has 1 amide bonds. The molecule has 2 atom stereocenters. The van der Waals surface area contributed by atoms with Gasteiger partial charge in [0.1, 0.15) is 0 Å². The van der Waals surface area contributed by atoms with Crippen molar-refractivity contribution in [1.29, 1.82) is 0 Å². The summed E-state index contributed by atoms with van der Waals surface area (Å²) in [7, 11) is 0. The third kappa shape index (κ3) is 4.45. The van der Waals surface area contributed by atoms with Crippen LogP contribution >= 0.6 is 0 Å². The fraction of sp³-hybridized carbons (Fsp3) is 0.280. The SMILES string of the molecule is Cc1n[nH]c(C)c1C(c1ccccc1)N1CCCC1c1ccc(/C=C/C(=O)NO)cc1. The number of carbonyl (C=O) groups is 1. The molecule has 0 radical (unpaired) electrons. The van der Waals surface area contributed by atoms with Gasteiger partial charge in [-0.15, -0.1) is 0 Å². The molecule has 3 N–H and O–H groups in total. The van der Waals surface area contributed by atoms with Crippen molar-refractivity contribution in [3.05, 3.63) is 94.3 Å². The Bertz CT molecular complexity index is 1040. The minimum atomic E-state index is -0.539. The van der Waals surface area contributed by atoms with Gasteiger partial charge >= 0.3 is 0 Å². The summed E-state index contributed by atoms with van der Waals surface area (Å²) in [5.74, 6) is -0.539. The smallest absolute Gasteiger partial charge is 0.267 e. The van der Waals surface area contributed by atoms with Gasteiger partial charge in [-0.2, -0.15) is 5.10 Å². The Morgan fingerprint density at radius 2 is 1.94 bits per heavy atom. The summed E-state index contributed by atoms with van der Waals surface area (Å²) >= 11 is 0. The van der Waals surface area contributed by atoms with E-state index in [2.05, 4.69) is 71.4 Å².